The summed E-state index contributed by atoms with van der Waals surface area (Å²) in [6.07, 6.45) is 1.23. The fraction of sp³-hybridized carbons (Fsp3) is 0.545. The number of hydrogen-bond donors (Lipinski definition) is 2. The maximum absolute atomic E-state index is 12.2. The van der Waals surface area contributed by atoms with Crippen molar-refractivity contribution in [3.8, 4) is 0 Å². The Hall–Kier alpha value is -1.89. The van der Waals surface area contributed by atoms with Gasteiger partial charge in [-0.2, -0.15) is 0 Å². The number of carbonyl (C=O) groups is 2. The summed E-state index contributed by atoms with van der Waals surface area (Å²) in [5.41, 5.74) is -0.161. The lowest BCUT2D eigenvalue weighted by molar-refractivity contribution is 0.0555. The Labute approximate surface area is 104 Å². The number of aromatic carboxylic acids is 1. The van der Waals surface area contributed by atoms with E-state index in [0.29, 0.717) is 13.1 Å². The van der Waals surface area contributed by atoms with E-state index >= 15 is 0 Å². The number of H-pyrrole nitrogens is 1. The van der Waals surface area contributed by atoms with Crippen LogP contribution in [0.4, 0.5) is 0 Å². The van der Waals surface area contributed by atoms with Crippen LogP contribution in [-0.2, 0) is 0 Å². The van der Waals surface area contributed by atoms with Crippen molar-refractivity contribution in [2.24, 2.45) is 0 Å². The maximum atomic E-state index is 12.2. The van der Waals surface area contributed by atoms with Crippen molar-refractivity contribution in [1.29, 1.82) is 0 Å². The molecule has 0 radical (unpaired) electrons. The summed E-state index contributed by atoms with van der Waals surface area (Å²) in [6, 6.07) is 0.259. The number of aromatic nitrogens is 2. The third-order valence-electron chi connectivity index (χ3n) is 3.30. The highest BCUT2D eigenvalue weighted by Gasteiger charge is 2.29. The van der Waals surface area contributed by atoms with Gasteiger partial charge in [-0.15, -0.1) is 0 Å². The van der Waals surface area contributed by atoms with Gasteiger partial charge in [-0.05, 0) is 14.0 Å². The fourth-order valence-corrected chi connectivity index (χ4v) is 2.00. The molecule has 1 aliphatic rings. The molecule has 2 N–H and O–H groups in total. The monoisotopic (exact) mass is 252 g/mol. The van der Waals surface area contributed by atoms with Crippen molar-refractivity contribution in [2.45, 2.75) is 13.0 Å². The van der Waals surface area contributed by atoms with Crippen LogP contribution in [0.15, 0.2) is 6.33 Å². The van der Waals surface area contributed by atoms with Crippen molar-refractivity contribution in [1.82, 2.24) is 19.8 Å². The lowest BCUT2D eigenvalue weighted by Gasteiger charge is -2.37. The minimum atomic E-state index is -1.17. The van der Waals surface area contributed by atoms with Gasteiger partial charge in [0, 0.05) is 25.7 Å². The first-order valence-electron chi connectivity index (χ1n) is 5.77. The van der Waals surface area contributed by atoms with Crippen LogP contribution in [0.5, 0.6) is 0 Å². The zero-order chi connectivity index (χ0) is 13.3. The van der Waals surface area contributed by atoms with E-state index in [9.17, 15) is 9.59 Å². The number of amides is 1. The molecule has 0 aromatic carbocycles. The summed E-state index contributed by atoms with van der Waals surface area (Å²) >= 11 is 0. The average Bonchev–Trinajstić information content (AvgIpc) is 2.81. The standard InChI is InChI=1S/C11H16N4O3/c1-7-5-15(4-3-14(7)2)10(16)8-9(11(17)18)13-6-12-8/h6-7H,3-5H2,1-2H3,(H,12,13)(H,17,18). The zero-order valence-corrected chi connectivity index (χ0v) is 10.4. The lowest BCUT2D eigenvalue weighted by atomic mass is 10.2. The van der Waals surface area contributed by atoms with E-state index in [-0.39, 0.29) is 23.3 Å². The molecule has 2 rings (SSSR count). The number of likely N-dealkylation sites (N-methyl/N-ethyl adjacent to an activating group) is 1. The van der Waals surface area contributed by atoms with Crippen LogP contribution in [-0.4, -0.2) is 69.5 Å². The maximum Gasteiger partial charge on any atom is 0.354 e. The normalized spacial score (nSPS) is 21.0. The van der Waals surface area contributed by atoms with Crippen LogP contribution in [0.2, 0.25) is 0 Å². The Bertz CT molecular complexity index is 471. The number of hydrogen-bond acceptors (Lipinski definition) is 4. The van der Waals surface area contributed by atoms with Crippen molar-refractivity contribution >= 4 is 11.9 Å². The molecular weight excluding hydrogens is 236 g/mol. The van der Waals surface area contributed by atoms with Gasteiger partial charge in [0.2, 0.25) is 0 Å². The molecule has 0 bridgehead atoms. The van der Waals surface area contributed by atoms with E-state index in [4.69, 9.17) is 5.11 Å². The molecule has 7 nitrogen and oxygen atoms in total. The van der Waals surface area contributed by atoms with E-state index in [1.54, 1.807) is 4.90 Å². The Morgan fingerprint density at radius 3 is 2.83 bits per heavy atom. The first-order chi connectivity index (χ1) is 8.50. The number of carbonyl (C=O) groups excluding carboxylic acids is 1. The summed E-state index contributed by atoms with van der Waals surface area (Å²) in [6.45, 7) is 3.98. The molecule has 1 aromatic rings. The molecule has 98 valence electrons. The van der Waals surface area contributed by atoms with E-state index in [1.165, 1.54) is 6.33 Å². The Morgan fingerprint density at radius 2 is 2.22 bits per heavy atom. The van der Waals surface area contributed by atoms with Gasteiger partial charge in [0.15, 0.2) is 11.4 Å². The third-order valence-corrected chi connectivity index (χ3v) is 3.30. The molecule has 0 aliphatic carbocycles. The van der Waals surface area contributed by atoms with Crippen LogP contribution >= 0.6 is 0 Å². The van der Waals surface area contributed by atoms with Crippen molar-refractivity contribution < 1.29 is 14.7 Å². The molecule has 7 heteroatoms. The Morgan fingerprint density at radius 1 is 1.50 bits per heavy atom. The number of imidazole rings is 1. The predicted molar refractivity (Wildman–Crippen MR) is 63.5 cm³/mol. The van der Waals surface area contributed by atoms with Gasteiger partial charge >= 0.3 is 5.97 Å². The smallest absolute Gasteiger partial charge is 0.354 e. The van der Waals surface area contributed by atoms with Crippen molar-refractivity contribution in [2.75, 3.05) is 26.7 Å². The average molecular weight is 252 g/mol. The Kier molecular flexibility index (Phi) is 3.33. The second-order valence-corrected chi connectivity index (χ2v) is 4.51. The first kappa shape index (κ1) is 12.6. The fourth-order valence-electron chi connectivity index (χ4n) is 2.00. The van der Waals surface area contributed by atoms with Gasteiger partial charge in [0.1, 0.15) is 0 Å². The van der Waals surface area contributed by atoms with Crippen molar-refractivity contribution in [3.05, 3.63) is 17.7 Å². The molecule has 1 saturated heterocycles. The molecular formula is C11H16N4O3. The van der Waals surface area contributed by atoms with Crippen LogP contribution in [0, 0.1) is 0 Å². The van der Waals surface area contributed by atoms with Gasteiger partial charge in [-0.1, -0.05) is 0 Å². The number of carboxylic acids is 1. The highest BCUT2D eigenvalue weighted by molar-refractivity contribution is 6.02. The summed E-state index contributed by atoms with van der Waals surface area (Å²) in [5.74, 6) is -1.49. The quantitative estimate of drug-likeness (QED) is 0.766. The highest BCUT2D eigenvalue weighted by Crippen LogP contribution is 2.12. The number of piperazine rings is 1. The van der Waals surface area contributed by atoms with E-state index in [1.807, 2.05) is 14.0 Å². The second-order valence-electron chi connectivity index (χ2n) is 4.51. The summed E-state index contributed by atoms with van der Waals surface area (Å²) in [4.78, 5) is 33.2. The summed E-state index contributed by atoms with van der Waals surface area (Å²) < 4.78 is 0. The second kappa shape index (κ2) is 4.77. The molecule has 1 atom stereocenters. The number of nitrogens with zero attached hydrogens (tertiary/aromatic N) is 3. The lowest BCUT2D eigenvalue weighted by Crippen LogP contribution is -2.52. The van der Waals surface area contributed by atoms with Gasteiger partial charge in [0.25, 0.3) is 5.91 Å². The van der Waals surface area contributed by atoms with E-state index in [0.717, 1.165) is 6.54 Å². The molecule has 1 aliphatic heterocycles. The van der Waals surface area contributed by atoms with Gasteiger partial charge < -0.3 is 19.9 Å². The summed E-state index contributed by atoms with van der Waals surface area (Å²) in [5, 5.41) is 8.95. The van der Waals surface area contributed by atoms with Crippen molar-refractivity contribution in [3.63, 3.8) is 0 Å². The number of nitrogens with one attached hydrogen (secondary N) is 1. The van der Waals surface area contributed by atoms with Crippen LogP contribution in [0.1, 0.15) is 27.9 Å². The molecule has 1 amide bonds. The number of aromatic amines is 1. The minimum absolute atomic E-state index is 0.0146. The van der Waals surface area contributed by atoms with Crippen LogP contribution < -0.4 is 0 Å². The third kappa shape index (κ3) is 2.21. The first-order valence-corrected chi connectivity index (χ1v) is 5.77. The molecule has 1 aromatic heterocycles. The Balaban J connectivity index is 2.16. The number of rotatable bonds is 2. The van der Waals surface area contributed by atoms with Crippen LogP contribution in [0.25, 0.3) is 0 Å². The molecule has 2 heterocycles. The molecule has 18 heavy (non-hydrogen) atoms. The molecule has 1 unspecified atom stereocenters. The highest BCUT2D eigenvalue weighted by atomic mass is 16.4. The van der Waals surface area contributed by atoms with Crippen LogP contribution in [0.3, 0.4) is 0 Å². The van der Waals surface area contributed by atoms with Gasteiger partial charge in [-0.3, -0.25) is 4.79 Å². The zero-order valence-electron chi connectivity index (χ0n) is 10.4. The topological polar surface area (TPSA) is 89.5 Å². The minimum Gasteiger partial charge on any atom is -0.477 e. The SMILES string of the molecule is CC1CN(C(=O)c2nc[nH]c2C(=O)O)CCN1C. The van der Waals surface area contributed by atoms with E-state index < -0.39 is 5.97 Å². The molecule has 1 fully saturated rings. The predicted octanol–water partition coefficient (Wildman–Crippen LogP) is -0.116. The molecule has 0 spiro atoms. The van der Waals surface area contributed by atoms with Gasteiger partial charge in [-0.25, -0.2) is 9.78 Å². The summed E-state index contributed by atoms with van der Waals surface area (Å²) in [7, 11) is 2.00. The largest absolute Gasteiger partial charge is 0.477 e. The van der Waals surface area contributed by atoms with Gasteiger partial charge in [0.05, 0.1) is 6.33 Å². The van der Waals surface area contributed by atoms with E-state index in [2.05, 4.69) is 14.9 Å². The number of carboxylic acid groups (broad SMARTS) is 1. The molecule has 0 saturated carbocycles.